The van der Waals surface area contributed by atoms with Crippen molar-refractivity contribution in [3.8, 4) is 0 Å². The maximum absolute atomic E-state index is 3.46. The molecule has 0 aliphatic heterocycles. The van der Waals surface area contributed by atoms with Crippen LogP contribution in [0.4, 0.5) is 0 Å². The van der Waals surface area contributed by atoms with Crippen molar-refractivity contribution in [3.05, 3.63) is 142 Å². The van der Waals surface area contributed by atoms with Gasteiger partial charge in [-0.15, -0.1) is 94.1 Å². The van der Waals surface area contributed by atoms with Crippen molar-refractivity contribution in [1.29, 1.82) is 0 Å². The number of aryl methyl sites for hydroxylation is 2. The van der Waals surface area contributed by atoms with E-state index in [1.54, 1.807) is 23.3 Å². The van der Waals surface area contributed by atoms with Crippen LogP contribution in [0.5, 0.6) is 0 Å². The van der Waals surface area contributed by atoms with Crippen molar-refractivity contribution in [1.82, 2.24) is 0 Å². The molecular weight excluding hydrogens is 551 g/mol. The molecule has 4 aliphatic carbocycles. The van der Waals surface area contributed by atoms with Gasteiger partial charge in [-0.2, -0.15) is 0 Å². The topological polar surface area (TPSA) is 0 Å². The van der Waals surface area contributed by atoms with Crippen LogP contribution in [0.3, 0.4) is 0 Å². The van der Waals surface area contributed by atoms with Gasteiger partial charge in [-0.3, -0.25) is 0 Å². The summed E-state index contributed by atoms with van der Waals surface area (Å²) < 4.78 is 0. The van der Waals surface area contributed by atoms with E-state index < -0.39 is 0 Å². The van der Waals surface area contributed by atoms with Gasteiger partial charge in [0.2, 0.25) is 0 Å². The minimum atomic E-state index is 0. The molecule has 0 amide bonds. The van der Waals surface area contributed by atoms with Gasteiger partial charge in [0.25, 0.3) is 0 Å². The van der Waals surface area contributed by atoms with Gasteiger partial charge in [-0.1, -0.05) is 47.6 Å². The monoisotopic (exact) mass is 576 g/mol. The molecule has 4 heteroatoms. The quantitative estimate of drug-likeness (QED) is 0.328. The molecule has 172 valence electrons. The Labute approximate surface area is 232 Å². The number of hydrogen-bond donors (Lipinski definition) is 0. The molecule has 0 spiro atoms. The molecule has 0 saturated heterocycles. The smallest absolute Gasteiger partial charge is 0.0235 e. The molecule has 0 radical (unpaired) electrons. The Morgan fingerprint density at radius 1 is 0.676 bits per heavy atom. The first-order valence-corrected chi connectivity index (χ1v) is 17.3. The zero-order valence-corrected chi connectivity index (χ0v) is 25.0. The van der Waals surface area contributed by atoms with E-state index in [0.29, 0.717) is 11.8 Å². The van der Waals surface area contributed by atoms with Gasteiger partial charge in [-0.05, 0) is 25.7 Å². The van der Waals surface area contributed by atoms with E-state index in [1.807, 2.05) is 0 Å². The predicted octanol–water partition coefficient (Wildman–Crippen LogP) is 1.38. The molecule has 0 saturated carbocycles. The molecule has 4 aliphatic rings. The normalized spacial score (nSPS) is 18.8. The van der Waals surface area contributed by atoms with Gasteiger partial charge in [0.15, 0.2) is 0 Å². The Kier molecular flexibility index (Phi) is 11.0. The van der Waals surface area contributed by atoms with E-state index >= 15 is 0 Å². The van der Waals surface area contributed by atoms with Crippen molar-refractivity contribution in [2.45, 2.75) is 38.8 Å². The summed E-state index contributed by atoms with van der Waals surface area (Å²) in [5.74, 6) is 0.909. The molecule has 2 atom stereocenters. The first-order chi connectivity index (χ1) is 15.4. The molecule has 0 nitrogen and oxygen atoms in total. The van der Waals surface area contributed by atoms with Crippen LogP contribution >= 0.6 is 0 Å². The van der Waals surface area contributed by atoms with Crippen LogP contribution in [0.25, 0.3) is 0 Å². The minimum absolute atomic E-state index is 0. The van der Waals surface area contributed by atoms with Crippen molar-refractivity contribution in [2.75, 3.05) is 0 Å². The van der Waals surface area contributed by atoms with Crippen LogP contribution < -0.4 is 24.8 Å². The summed E-state index contributed by atoms with van der Waals surface area (Å²) in [6.07, 6.45) is 24.1. The van der Waals surface area contributed by atoms with Crippen molar-refractivity contribution in [3.63, 3.8) is 0 Å². The largest absolute Gasteiger partial charge is 1.00 e. The van der Waals surface area contributed by atoms with E-state index in [0.717, 1.165) is 0 Å². The summed E-state index contributed by atoms with van der Waals surface area (Å²) in [5.41, 5.74) is 10.7. The van der Waals surface area contributed by atoms with Gasteiger partial charge < -0.3 is 24.8 Å². The SMILES string of the molecule is C[Si](C)=[Zr+2].Cc1ccc2c(c1)[C-]=C1C=CC=CC12.Cc1ccc2c(c1)[C-]=C1C=CC=C[C@@H]12.[Cl-].[Cl-]. The maximum atomic E-state index is 3.46. The fourth-order valence-corrected chi connectivity index (χ4v) is 4.28. The van der Waals surface area contributed by atoms with E-state index in [1.165, 1.54) is 44.5 Å². The van der Waals surface area contributed by atoms with E-state index in [-0.39, 0.29) is 30.2 Å². The molecule has 0 heterocycles. The van der Waals surface area contributed by atoms with Gasteiger partial charge in [0, 0.05) is 0 Å². The summed E-state index contributed by atoms with van der Waals surface area (Å²) in [7, 11) is 0. The van der Waals surface area contributed by atoms with Gasteiger partial charge in [0.1, 0.15) is 0 Å². The molecule has 6 rings (SSSR count). The Bertz CT molecular complexity index is 1150. The summed E-state index contributed by atoms with van der Waals surface area (Å²) in [6, 6.07) is 13.2. The van der Waals surface area contributed by atoms with E-state index in [2.05, 4.69) is 124 Å². The first-order valence-electron chi connectivity index (χ1n) is 11.1. The Balaban J connectivity index is 0.000000198. The number of fused-ring (bicyclic) bond motifs is 6. The molecule has 0 aromatic heterocycles. The summed E-state index contributed by atoms with van der Waals surface area (Å²) in [6.45, 7) is 8.87. The zero-order chi connectivity index (χ0) is 22.7. The van der Waals surface area contributed by atoms with Crippen LogP contribution in [-0.4, -0.2) is 5.43 Å². The number of hydrogen-bond acceptors (Lipinski definition) is 0. The molecule has 0 fully saturated rings. The van der Waals surface area contributed by atoms with Gasteiger partial charge >= 0.3 is 41.9 Å². The van der Waals surface area contributed by atoms with Crippen molar-refractivity contribution < 1.29 is 48.1 Å². The summed E-state index contributed by atoms with van der Waals surface area (Å²) in [5, 5.41) is 0. The molecule has 1 unspecified atom stereocenters. The van der Waals surface area contributed by atoms with E-state index in [9.17, 15) is 0 Å². The van der Waals surface area contributed by atoms with Crippen LogP contribution in [0, 0.1) is 26.0 Å². The molecule has 2 aromatic rings. The average molecular weight is 579 g/mol. The number of allylic oxidation sites excluding steroid dienone is 10. The molecule has 0 N–H and O–H groups in total. The molecule has 34 heavy (non-hydrogen) atoms. The second-order valence-electron chi connectivity index (χ2n) is 8.79. The molecular formula is C30H28Cl2SiZr-2. The number of halogens is 2. The third kappa shape index (κ3) is 6.82. The predicted molar refractivity (Wildman–Crippen MR) is 134 cm³/mol. The molecule has 0 bridgehead atoms. The number of rotatable bonds is 0. The zero-order valence-electron chi connectivity index (χ0n) is 20.0. The third-order valence-electron chi connectivity index (χ3n) is 5.70. The fourth-order valence-electron chi connectivity index (χ4n) is 4.28. The fraction of sp³-hybridized carbons (Fsp3) is 0.200. The van der Waals surface area contributed by atoms with Crippen LogP contribution in [-0.2, 0) is 23.3 Å². The maximum Gasteiger partial charge on any atom is -0.0235 e. The first kappa shape index (κ1) is 28.8. The van der Waals surface area contributed by atoms with Crippen LogP contribution in [0.15, 0.2) is 96.2 Å². The molecule has 2 aromatic carbocycles. The third-order valence-corrected chi connectivity index (χ3v) is 5.70. The van der Waals surface area contributed by atoms with Gasteiger partial charge in [-0.25, -0.2) is 0 Å². The van der Waals surface area contributed by atoms with Gasteiger partial charge in [0.05, 0.1) is 0 Å². The van der Waals surface area contributed by atoms with Crippen LogP contribution in [0.1, 0.15) is 45.2 Å². The average Bonchev–Trinajstić information content (AvgIpc) is 3.30. The van der Waals surface area contributed by atoms with Crippen LogP contribution in [0.2, 0.25) is 13.1 Å². The number of benzene rings is 2. The van der Waals surface area contributed by atoms with Crippen molar-refractivity contribution >= 4 is 5.43 Å². The van der Waals surface area contributed by atoms with E-state index in [4.69, 9.17) is 0 Å². The standard InChI is InChI=1S/2C14H11.C2H6Si.2ClH.Zr/c2*1-10-6-7-14-12(8-10)9-11-4-2-3-5-13(11)14;1-3-2;;;/h2*2-8,13H,1H3;1-2H3;2*1H;/q2*-1;;;;+2/p-2/t13-;;;;;/m0...../s1. The Morgan fingerprint density at radius 2 is 1.06 bits per heavy atom. The summed E-state index contributed by atoms with van der Waals surface area (Å²) >= 11 is 1.74. The second kappa shape index (κ2) is 13.0. The van der Waals surface area contributed by atoms with Crippen molar-refractivity contribution in [2.24, 2.45) is 0 Å². The summed E-state index contributed by atoms with van der Waals surface area (Å²) in [4.78, 5) is 0. The Hall–Kier alpha value is -1.44. The Morgan fingerprint density at radius 3 is 1.44 bits per heavy atom. The second-order valence-corrected chi connectivity index (χ2v) is 18.2. The minimum Gasteiger partial charge on any atom is -1.00 e.